The van der Waals surface area contributed by atoms with Gasteiger partial charge in [-0.15, -0.1) is 0 Å². The zero-order chi connectivity index (χ0) is 44.4. The van der Waals surface area contributed by atoms with E-state index in [1.807, 2.05) is 19.0 Å². The van der Waals surface area contributed by atoms with E-state index in [-0.39, 0.29) is 29.8 Å². The number of hydrogen-bond acceptors (Lipinski definition) is 18. The first kappa shape index (κ1) is 44.7. The molecule has 0 spiro atoms. The predicted octanol–water partition coefficient (Wildman–Crippen LogP) is 2.43. The van der Waals surface area contributed by atoms with Crippen LogP contribution in [0.1, 0.15) is 121 Å². The predicted molar refractivity (Wildman–Crippen MR) is 208 cm³/mol. The van der Waals surface area contributed by atoms with Crippen LogP contribution in [0.3, 0.4) is 0 Å². The van der Waals surface area contributed by atoms with E-state index in [4.69, 9.17) is 33.2 Å². The highest BCUT2D eigenvalue weighted by Crippen LogP contribution is 2.57. The molecular weight excluding hydrogens is 802 g/mol. The van der Waals surface area contributed by atoms with E-state index in [0.29, 0.717) is 12.8 Å². The molecule has 0 radical (unpaired) electrons. The number of phenolic OH excluding ortho intramolecular Hbond substituents is 3. The van der Waals surface area contributed by atoms with Crippen LogP contribution in [0.4, 0.5) is 0 Å². The van der Waals surface area contributed by atoms with Crippen molar-refractivity contribution in [2.75, 3.05) is 21.2 Å². The van der Waals surface area contributed by atoms with Gasteiger partial charge in [0.25, 0.3) is 0 Å². The van der Waals surface area contributed by atoms with Crippen LogP contribution in [0, 0.1) is 0 Å². The SMILES string of the molecule is COC(=O)C1c2c(O)c3c(c(O)c2C(OC2CC(N(C)C)C(OC4CC(O)C(OC5CCC(=O)C(C)O5)C(C)O4)C(C)O2)CC1(O)CC(C)=O)C(=O)c1c(O)cccc1C3=O. The van der Waals surface area contributed by atoms with Crippen LogP contribution in [0.2, 0.25) is 0 Å². The van der Waals surface area contributed by atoms with Gasteiger partial charge in [-0.25, -0.2) is 0 Å². The van der Waals surface area contributed by atoms with Crippen LogP contribution < -0.4 is 0 Å². The summed E-state index contributed by atoms with van der Waals surface area (Å²) in [4.78, 5) is 68.0. The second-order valence-corrected chi connectivity index (χ2v) is 16.9. The minimum Gasteiger partial charge on any atom is -0.507 e. The van der Waals surface area contributed by atoms with Gasteiger partial charge in [0.05, 0.1) is 53.8 Å². The topological polar surface area (TPSA) is 254 Å². The molecule has 0 bridgehead atoms. The average Bonchev–Trinajstić information content (AvgIpc) is 3.17. The third-order valence-electron chi connectivity index (χ3n) is 12.5. The van der Waals surface area contributed by atoms with Crippen LogP contribution in [0.5, 0.6) is 17.2 Å². The second kappa shape index (κ2) is 17.1. The molecule has 5 aliphatic rings. The monoisotopic (exact) mass is 855 g/mol. The Kier molecular flexibility index (Phi) is 12.5. The number of phenols is 3. The minimum atomic E-state index is -2.30. The van der Waals surface area contributed by atoms with Crippen LogP contribution >= 0.6 is 0 Å². The number of carbonyl (C=O) groups is 5. The van der Waals surface area contributed by atoms with Crippen LogP contribution in [-0.4, -0.2) is 148 Å². The lowest BCUT2D eigenvalue weighted by Crippen LogP contribution is -2.58. The largest absolute Gasteiger partial charge is 0.507 e. The van der Waals surface area contributed by atoms with Crippen molar-refractivity contribution in [3.05, 3.63) is 51.6 Å². The summed E-state index contributed by atoms with van der Waals surface area (Å²) in [5.41, 5.74) is -5.05. The fraction of sp³-hybridized carbons (Fsp3) is 0.605. The normalized spacial score (nSPS) is 35.0. The summed E-state index contributed by atoms with van der Waals surface area (Å²) in [5.74, 6) is -7.71. The minimum absolute atomic E-state index is 0.0162. The third-order valence-corrected chi connectivity index (χ3v) is 12.5. The maximum atomic E-state index is 14.0. The van der Waals surface area contributed by atoms with Gasteiger partial charge in [0, 0.05) is 61.3 Å². The molecule has 3 fully saturated rings. The van der Waals surface area contributed by atoms with Gasteiger partial charge in [0.1, 0.15) is 47.3 Å². The Morgan fingerprint density at radius 3 is 2.08 bits per heavy atom. The smallest absolute Gasteiger partial charge is 0.316 e. The number of carbonyl (C=O) groups excluding carboxylic acids is 5. The fourth-order valence-corrected chi connectivity index (χ4v) is 9.62. The Hall–Kier alpha value is -4.37. The number of aliphatic hydroxyl groups excluding tert-OH is 1. The number of methoxy groups -OCH3 is 1. The third kappa shape index (κ3) is 8.09. The summed E-state index contributed by atoms with van der Waals surface area (Å²) in [6, 6.07) is 3.33. The fourth-order valence-electron chi connectivity index (χ4n) is 9.62. The first-order valence-electron chi connectivity index (χ1n) is 20.4. The van der Waals surface area contributed by atoms with Gasteiger partial charge >= 0.3 is 5.97 Å². The highest BCUT2D eigenvalue weighted by Gasteiger charge is 2.56. The molecule has 0 aromatic heterocycles. The number of esters is 1. The number of rotatable bonds is 10. The van der Waals surface area contributed by atoms with Gasteiger partial charge in [0.15, 0.2) is 30.4 Å². The van der Waals surface area contributed by atoms with Crippen molar-refractivity contribution in [1.82, 2.24) is 4.90 Å². The molecule has 18 heteroatoms. The van der Waals surface area contributed by atoms with Crippen molar-refractivity contribution in [3.8, 4) is 17.2 Å². The van der Waals surface area contributed by atoms with Gasteiger partial charge in [-0.1, -0.05) is 12.1 Å². The summed E-state index contributed by atoms with van der Waals surface area (Å²) in [6.07, 6.45) is -8.88. The first-order chi connectivity index (χ1) is 28.8. The van der Waals surface area contributed by atoms with Crippen molar-refractivity contribution >= 4 is 29.1 Å². The number of aromatic hydroxyl groups is 3. The zero-order valence-electron chi connectivity index (χ0n) is 35.0. The quantitative estimate of drug-likeness (QED) is 0.145. The highest BCUT2D eigenvalue weighted by molar-refractivity contribution is 6.31. The molecule has 13 atom stereocenters. The van der Waals surface area contributed by atoms with Crippen LogP contribution in [0.25, 0.3) is 0 Å². The van der Waals surface area contributed by atoms with Gasteiger partial charge in [-0.2, -0.15) is 0 Å². The Bertz CT molecular complexity index is 2090. The van der Waals surface area contributed by atoms with E-state index in [2.05, 4.69) is 0 Å². The lowest BCUT2D eigenvalue weighted by molar-refractivity contribution is -0.324. The molecule has 332 valence electrons. The first-order valence-corrected chi connectivity index (χ1v) is 20.4. The van der Waals surface area contributed by atoms with Crippen LogP contribution in [-0.2, 0) is 47.5 Å². The Morgan fingerprint density at radius 2 is 1.46 bits per heavy atom. The highest BCUT2D eigenvalue weighted by atomic mass is 16.7. The van der Waals surface area contributed by atoms with E-state index in [0.717, 1.165) is 7.11 Å². The molecular formula is C43H53NO17. The van der Waals surface area contributed by atoms with E-state index in [9.17, 15) is 49.5 Å². The molecule has 2 aromatic carbocycles. The number of nitrogens with zero attached hydrogens (tertiary/aromatic N) is 1. The molecule has 0 saturated carbocycles. The summed E-state index contributed by atoms with van der Waals surface area (Å²) < 4.78 is 42.3. The maximum absolute atomic E-state index is 14.0. The van der Waals surface area contributed by atoms with E-state index in [1.54, 1.807) is 20.8 Å². The van der Waals surface area contributed by atoms with E-state index in [1.165, 1.54) is 25.1 Å². The second-order valence-electron chi connectivity index (χ2n) is 16.9. The number of ether oxygens (including phenoxy) is 7. The number of aliphatic hydroxyl groups is 2. The Balaban J connectivity index is 1.18. The number of likely N-dealkylation sites (N-methyl/N-ethyl adjacent to an activating group) is 1. The molecule has 5 N–H and O–H groups in total. The number of Topliss-reactive ketones (excluding diaryl/α,β-unsaturated/α-hetero) is 2. The maximum Gasteiger partial charge on any atom is 0.316 e. The zero-order valence-corrected chi connectivity index (χ0v) is 35.0. The molecule has 18 nitrogen and oxygen atoms in total. The van der Waals surface area contributed by atoms with E-state index < -0.39 is 155 Å². The summed E-state index contributed by atoms with van der Waals surface area (Å²) in [5, 5.41) is 58.1. The number of ketones is 4. The standard InChI is InChI=1S/C43H53NO17/c1-17(45)15-43(54)16-26(31-32(35(43)42(53)55-7)39(52)33-34(38(31)51)37(50)30-21(36(33)49)9-8-10-24(30)47)59-28-13-22(44(5)6)40(19(3)57-28)61-29-14-25(48)41(20(4)58-29)60-27-12-11-23(46)18(2)56-27/h8-10,18-20,22,25-29,35,40-41,47-48,51-52,54H,11-16H2,1-7H3. The molecule has 7 rings (SSSR count). The summed E-state index contributed by atoms with van der Waals surface area (Å²) in [6.45, 7) is 6.32. The lowest BCUT2D eigenvalue weighted by Gasteiger charge is -2.48. The van der Waals surface area contributed by atoms with E-state index >= 15 is 0 Å². The van der Waals surface area contributed by atoms with Crippen LogP contribution in [0.15, 0.2) is 18.2 Å². The van der Waals surface area contributed by atoms with Crippen molar-refractivity contribution in [2.45, 2.75) is 145 Å². The van der Waals surface area contributed by atoms with Gasteiger partial charge < -0.3 is 63.6 Å². The van der Waals surface area contributed by atoms with Gasteiger partial charge in [0.2, 0.25) is 5.78 Å². The summed E-state index contributed by atoms with van der Waals surface area (Å²) >= 11 is 0. The number of hydrogen-bond donors (Lipinski definition) is 5. The van der Waals surface area contributed by atoms with Crippen molar-refractivity contribution in [1.29, 1.82) is 0 Å². The molecule has 61 heavy (non-hydrogen) atoms. The van der Waals surface area contributed by atoms with Crippen molar-refractivity contribution in [3.63, 3.8) is 0 Å². The lowest BCUT2D eigenvalue weighted by atomic mass is 9.66. The number of benzene rings is 2. The molecule has 3 heterocycles. The van der Waals surface area contributed by atoms with Crippen molar-refractivity contribution in [2.24, 2.45) is 0 Å². The number of fused-ring (bicyclic) bond motifs is 3. The molecule has 2 aromatic rings. The Labute approximate surface area is 351 Å². The van der Waals surface area contributed by atoms with Gasteiger partial charge in [-0.3, -0.25) is 24.0 Å². The molecule has 0 amide bonds. The Morgan fingerprint density at radius 1 is 0.836 bits per heavy atom. The molecule has 3 aliphatic heterocycles. The average molecular weight is 856 g/mol. The van der Waals surface area contributed by atoms with Gasteiger partial charge in [-0.05, 0) is 47.9 Å². The van der Waals surface area contributed by atoms with Crippen molar-refractivity contribution < 1.29 is 82.7 Å². The summed E-state index contributed by atoms with van der Waals surface area (Å²) in [7, 11) is 4.65. The molecule has 2 aliphatic carbocycles. The molecule has 3 saturated heterocycles. The molecule has 13 unspecified atom stereocenters.